The lowest BCUT2D eigenvalue weighted by Crippen LogP contribution is -2.22. The normalized spacial score (nSPS) is 16.1. The molecule has 1 heterocycles. The maximum absolute atomic E-state index is 12.6. The van der Waals surface area contributed by atoms with Gasteiger partial charge in [-0.25, -0.2) is 4.79 Å². The van der Waals surface area contributed by atoms with Crippen LogP contribution in [0.2, 0.25) is 0 Å². The lowest BCUT2D eigenvalue weighted by molar-refractivity contribution is -0.384. The Morgan fingerprint density at radius 2 is 1.97 bits per heavy atom. The van der Waals surface area contributed by atoms with Gasteiger partial charge in [0.25, 0.3) is 5.69 Å². The van der Waals surface area contributed by atoms with Gasteiger partial charge in [0.05, 0.1) is 17.1 Å². The lowest BCUT2D eigenvalue weighted by Gasteiger charge is -2.26. The number of benzene rings is 2. The molecule has 30 heavy (non-hydrogen) atoms. The summed E-state index contributed by atoms with van der Waals surface area (Å²) in [6, 6.07) is 13.9. The molecule has 1 aliphatic rings. The Bertz CT molecular complexity index is 1030. The van der Waals surface area contributed by atoms with E-state index in [9.17, 15) is 14.9 Å². The van der Waals surface area contributed by atoms with E-state index in [0.29, 0.717) is 29.0 Å². The van der Waals surface area contributed by atoms with Gasteiger partial charge in [0, 0.05) is 35.0 Å². The summed E-state index contributed by atoms with van der Waals surface area (Å²) in [4.78, 5) is 27.7. The number of carbonyl (C=O) groups excluding carboxylic acids is 1. The van der Waals surface area contributed by atoms with E-state index in [0.717, 1.165) is 11.3 Å². The smallest absolute Gasteiger partial charge is 0.336 e. The average molecular weight is 408 g/mol. The molecule has 1 aliphatic heterocycles. The Kier molecular flexibility index (Phi) is 6.61. The Morgan fingerprint density at radius 1 is 1.20 bits per heavy atom. The highest BCUT2D eigenvalue weighted by Crippen LogP contribution is 2.39. The second-order valence-corrected chi connectivity index (χ2v) is 7.08. The SMILES string of the molecule is CCOC(=O)C1=C(C)N=C(C)CC1c1ccccc1OCc1cccc([N+](=O)[O-])c1. The number of carbonyl (C=O) groups is 1. The topological polar surface area (TPSA) is 91.0 Å². The number of hydrogen-bond acceptors (Lipinski definition) is 6. The van der Waals surface area contributed by atoms with Crippen molar-refractivity contribution in [3.63, 3.8) is 0 Å². The summed E-state index contributed by atoms with van der Waals surface area (Å²) in [5.74, 6) is 0.0194. The highest BCUT2D eigenvalue weighted by molar-refractivity contribution is 5.96. The van der Waals surface area contributed by atoms with Crippen molar-refractivity contribution in [2.45, 2.75) is 39.7 Å². The molecule has 0 radical (unpaired) electrons. The molecule has 0 saturated carbocycles. The first-order valence-corrected chi connectivity index (χ1v) is 9.77. The Labute approximate surface area is 175 Å². The number of aliphatic imine (C=N–C) groups is 1. The van der Waals surface area contributed by atoms with E-state index in [-0.39, 0.29) is 30.8 Å². The molecule has 1 atom stereocenters. The average Bonchev–Trinajstić information content (AvgIpc) is 2.72. The predicted molar refractivity (Wildman–Crippen MR) is 114 cm³/mol. The van der Waals surface area contributed by atoms with E-state index in [2.05, 4.69) is 4.99 Å². The standard InChI is InChI=1S/C23H24N2O5/c1-4-29-23(26)22-16(3)24-15(2)12-20(22)19-10-5-6-11-21(19)30-14-17-8-7-9-18(13-17)25(27)28/h5-11,13,20H,4,12,14H2,1-3H3. The fraction of sp³-hybridized carbons (Fsp3) is 0.304. The van der Waals surface area contributed by atoms with Crippen LogP contribution in [0.5, 0.6) is 5.75 Å². The van der Waals surface area contributed by atoms with Crippen molar-refractivity contribution in [1.82, 2.24) is 0 Å². The zero-order valence-electron chi connectivity index (χ0n) is 17.3. The van der Waals surface area contributed by atoms with Gasteiger partial charge in [-0.2, -0.15) is 0 Å². The Balaban J connectivity index is 1.90. The molecule has 156 valence electrons. The number of hydrogen-bond donors (Lipinski definition) is 0. The van der Waals surface area contributed by atoms with Crippen molar-refractivity contribution in [2.75, 3.05) is 6.61 Å². The molecule has 1 unspecified atom stereocenters. The van der Waals surface area contributed by atoms with Gasteiger partial charge in [-0.05, 0) is 38.8 Å². The largest absolute Gasteiger partial charge is 0.489 e. The molecule has 0 fully saturated rings. The fourth-order valence-electron chi connectivity index (χ4n) is 3.63. The fourth-order valence-corrected chi connectivity index (χ4v) is 3.63. The van der Waals surface area contributed by atoms with Gasteiger partial charge < -0.3 is 9.47 Å². The molecule has 2 aromatic carbocycles. The van der Waals surface area contributed by atoms with E-state index >= 15 is 0 Å². The third kappa shape index (κ3) is 4.74. The molecular formula is C23H24N2O5. The van der Waals surface area contributed by atoms with E-state index in [1.807, 2.05) is 38.1 Å². The Hall–Kier alpha value is -3.48. The molecule has 0 N–H and O–H groups in total. The quantitative estimate of drug-likeness (QED) is 0.367. The number of para-hydroxylation sites is 1. The molecule has 0 aliphatic carbocycles. The predicted octanol–water partition coefficient (Wildman–Crippen LogP) is 4.96. The number of nitrogens with zero attached hydrogens (tertiary/aromatic N) is 2. The number of rotatable bonds is 7. The number of nitro groups is 1. The molecule has 3 rings (SSSR count). The van der Waals surface area contributed by atoms with Gasteiger partial charge in [0.15, 0.2) is 0 Å². The second-order valence-electron chi connectivity index (χ2n) is 7.08. The molecule has 7 nitrogen and oxygen atoms in total. The van der Waals surface area contributed by atoms with Crippen LogP contribution in [0.25, 0.3) is 0 Å². The van der Waals surface area contributed by atoms with Gasteiger partial charge in [-0.15, -0.1) is 0 Å². The summed E-state index contributed by atoms with van der Waals surface area (Å²) in [7, 11) is 0. The van der Waals surface area contributed by atoms with E-state index < -0.39 is 4.92 Å². The van der Waals surface area contributed by atoms with Crippen molar-refractivity contribution < 1.29 is 19.2 Å². The third-order valence-corrected chi connectivity index (χ3v) is 4.90. The van der Waals surface area contributed by atoms with Crippen LogP contribution in [-0.2, 0) is 16.1 Å². The van der Waals surface area contributed by atoms with E-state index in [1.54, 1.807) is 19.1 Å². The monoisotopic (exact) mass is 408 g/mol. The number of ether oxygens (including phenoxy) is 2. The Morgan fingerprint density at radius 3 is 2.70 bits per heavy atom. The highest BCUT2D eigenvalue weighted by Gasteiger charge is 2.31. The molecule has 0 spiro atoms. The van der Waals surface area contributed by atoms with Gasteiger partial charge in [-0.3, -0.25) is 15.1 Å². The lowest BCUT2D eigenvalue weighted by atomic mass is 9.83. The zero-order valence-corrected chi connectivity index (χ0v) is 17.3. The van der Waals surface area contributed by atoms with Crippen LogP contribution in [0.4, 0.5) is 5.69 Å². The zero-order chi connectivity index (χ0) is 21.7. The summed E-state index contributed by atoms with van der Waals surface area (Å²) >= 11 is 0. The first-order valence-electron chi connectivity index (χ1n) is 9.77. The number of nitro benzene ring substituents is 1. The molecule has 0 amide bonds. The summed E-state index contributed by atoms with van der Waals surface area (Å²) in [5.41, 5.74) is 3.69. The van der Waals surface area contributed by atoms with Crippen molar-refractivity contribution in [3.8, 4) is 5.75 Å². The molecule has 2 aromatic rings. The minimum absolute atomic E-state index is 0.0201. The van der Waals surface area contributed by atoms with Gasteiger partial charge >= 0.3 is 5.97 Å². The van der Waals surface area contributed by atoms with E-state index in [1.165, 1.54) is 12.1 Å². The van der Waals surface area contributed by atoms with Crippen LogP contribution in [0.3, 0.4) is 0 Å². The number of allylic oxidation sites excluding steroid dienone is 1. The summed E-state index contributed by atoms with van der Waals surface area (Å²) in [5, 5.41) is 11.0. The van der Waals surface area contributed by atoms with Crippen LogP contribution in [0, 0.1) is 10.1 Å². The van der Waals surface area contributed by atoms with Crippen LogP contribution in [0.1, 0.15) is 44.2 Å². The van der Waals surface area contributed by atoms with Crippen molar-refractivity contribution >= 4 is 17.4 Å². The third-order valence-electron chi connectivity index (χ3n) is 4.90. The summed E-state index contributed by atoms with van der Waals surface area (Å²) in [6.45, 7) is 5.99. The number of non-ortho nitro benzene ring substituents is 1. The molecule has 0 bridgehead atoms. The first kappa shape index (κ1) is 21.2. The van der Waals surface area contributed by atoms with Gasteiger partial charge in [0.1, 0.15) is 12.4 Å². The molecule has 0 aromatic heterocycles. The second kappa shape index (κ2) is 9.35. The highest BCUT2D eigenvalue weighted by atomic mass is 16.6. The van der Waals surface area contributed by atoms with E-state index in [4.69, 9.17) is 9.47 Å². The van der Waals surface area contributed by atoms with Crippen LogP contribution >= 0.6 is 0 Å². The van der Waals surface area contributed by atoms with Gasteiger partial charge in [-0.1, -0.05) is 30.3 Å². The van der Waals surface area contributed by atoms with Crippen LogP contribution in [-0.4, -0.2) is 23.2 Å². The van der Waals surface area contributed by atoms with Gasteiger partial charge in [0.2, 0.25) is 0 Å². The van der Waals surface area contributed by atoms with Crippen LogP contribution in [0.15, 0.2) is 64.8 Å². The maximum Gasteiger partial charge on any atom is 0.336 e. The van der Waals surface area contributed by atoms with Crippen molar-refractivity contribution in [2.24, 2.45) is 4.99 Å². The summed E-state index contributed by atoms with van der Waals surface area (Å²) < 4.78 is 11.3. The maximum atomic E-state index is 12.6. The molecule has 0 saturated heterocycles. The first-order chi connectivity index (χ1) is 14.4. The van der Waals surface area contributed by atoms with Crippen molar-refractivity contribution in [3.05, 3.63) is 81.0 Å². The minimum atomic E-state index is -0.430. The summed E-state index contributed by atoms with van der Waals surface area (Å²) in [6.07, 6.45) is 0.586. The molecule has 7 heteroatoms. The molecular weight excluding hydrogens is 384 g/mol. The van der Waals surface area contributed by atoms with Crippen LogP contribution < -0.4 is 4.74 Å². The minimum Gasteiger partial charge on any atom is -0.489 e. The van der Waals surface area contributed by atoms with Crippen molar-refractivity contribution in [1.29, 1.82) is 0 Å². The number of esters is 1.